The van der Waals surface area contributed by atoms with Crippen LogP contribution < -0.4 is 0 Å². The lowest BCUT2D eigenvalue weighted by molar-refractivity contribution is 0.0599. The van der Waals surface area contributed by atoms with Crippen molar-refractivity contribution in [3.05, 3.63) is 58.1 Å². The zero-order chi connectivity index (χ0) is 13.8. The molecule has 0 aliphatic rings. The second-order valence-electron chi connectivity index (χ2n) is 3.93. The lowest BCUT2D eigenvalue weighted by Gasteiger charge is -2.07. The van der Waals surface area contributed by atoms with E-state index >= 15 is 0 Å². The van der Waals surface area contributed by atoms with Gasteiger partial charge in [0.05, 0.1) is 12.7 Å². The van der Waals surface area contributed by atoms with Crippen LogP contribution in [0.3, 0.4) is 0 Å². The van der Waals surface area contributed by atoms with E-state index in [1.54, 1.807) is 24.3 Å². The Bertz CT molecular complexity index is 618. The molecule has 0 radical (unpaired) electrons. The van der Waals surface area contributed by atoms with Crippen LogP contribution in [0.25, 0.3) is 11.1 Å². The Hall–Kier alpha value is -1.94. The molecule has 0 saturated heterocycles. The van der Waals surface area contributed by atoms with Crippen LogP contribution in [0.4, 0.5) is 0 Å². The molecule has 0 bridgehead atoms. The summed E-state index contributed by atoms with van der Waals surface area (Å²) in [5.74, 6) is -0.391. The Kier molecular flexibility index (Phi) is 4.12. The summed E-state index contributed by atoms with van der Waals surface area (Å²) >= 11 is 3.32. The molecular weight excluding hydrogens is 308 g/mol. The molecule has 3 nitrogen and oxygen atoms in total. The highest BCUT2D eigenvalue weighted by Crippen LogP contribution is 2.26. The number of methoxy groups -OCH3 is 1. The van der Waals surface area contributed by atoms with E-state index in [1.165, 1.54) is 7.11 Å². The van der Waals surface area contributed by atoms with Gasteiger partial charge in [-0.25, -0.2) is 4.79 Å². The zero-order valence-electron chi connectivity index (χ0n) is 10.2. The molecule has 0 fully saturated rings. The van der Waals surface area contributed by atoms with E-state index in [9.17, 15) is 9.59 Å². The number of hydrogen-bond donors (Lipinski definition) is 0. The molecule has 0 unspecified atom stereocenters. The van der Waals surface area contributed by atoms with Crippen molar-refractivity contribution in [2.75, 3.05) is 7.11 Å². The van der Waals surface area contributed by atoms with Gasteiger partial charge in [-0.15, -0.1) is 0 Å². The van der Waals surface area contributed by atoms with Crippen LogP contribution in [-0.4, -0.2) is 19.4 Å². The number of esters is 1. The Balaban J connectivity index is 2.44. The van der Waals surface area contributed by atoms with Crippen molar-refractivity contribution in [2.24, 2.45) is 0 Å². The minimum Gasteiger partial charge on any atom is -0.465 e. The molecule has 2 aromatic rings. The molecule has 19 heavy (non-hydrogen) atoms. The normalized spacial score (nSPS) is 10.0. The summed E-state index contributed by atoms with van der Waals surface area (Å²) in [5, 5.41) is 0. The van der Waals surface area contributed by atoms with E-state index in [2.05, 4.69) is 15.9 Å². The van der Waals surface area contributed by atoms with Crippen LogP contribution >= 0.6 is 15.9 Å². The van der Waals surface area contributed by atoms with E-state index in [4.69, 9.17) is 4.74 Å². The predicted molar refractivity (Wildman–Crippen MR) is 76.3 cm³/mol. The molecular formula is C15H11BrO3. The Morgan fingerprint density at radius 2 is 1.74 bits per heavy atom. The summed E-state index contributed by atoms with van der Waals surface area (Å²) in [4.78, 5) is 22.2. The molecule has 2 aromatic carbocycles. The van der Waals surface area contributed by atoms with E-state index < -0.39 is 5.97 Å². The van der Waals surface area contributed by atoms with Crippen molar-refractivity contribution in [1.82, 2.24) is 0 Å². The molecule has 0 aliphatic heterocycles. The molecule has 0 heterocycles. The predicted octanol–water partition coefficient (Wildman–Crippen LogP) is 3.72. The van der Waals surface area contributed by atoms with Crippen LogP contribution in [0, 0.1) is 0 Å². The Morgan fingerprint density at radius 3 is 2.32 bits per heavy atom. The van der Waals surface area contributed by atoms with Gasteiger partial charge in [0.15, 0.2) is 0 Å². The van der Waals surface area contributed by atoms with Crippen LogP contribution in [-0.2, 0) is 4.74 Å². The summed E-state index contributed by atoms with van der Waals surface area (Å²) in [6.07, 6.45) is 0.797. The van der Waals surface area contributed by atoms with Crippen molar-refractivity contribution in [3.8, 4) is 11.1 Å². The molecule has 0 spiro atoms. The van der Waals surface area contributed by atoms with Gasteiger partial charge in [-0.2, -0.15) is 0 Å². The number of carbonyl (C=O) groups is 2. The number of halogens is 1. The molecule has 0 amide bonds. The molecule has 0 atom stereocenters. The monoisotopic (exact) mass is 318 g/mol. The summed E-state index contributed by atoms with van der Waals surface area (Å²) in [6, 6.07) is 12.6. The smallest absolute Gasteiger partial charge is 0.339 e. The fraction of sp³-hybridized carbons (Fsp3) is 0.0667. The van der Waals surface area contributed by atoms with Gasteiger partial charge in [-0.1, -0.05) is 30.3 Å². The number of aldehydes is 1. The first-order valence-corrected chi connectivity index (χ1v) is 6.38. The fourth-order valence-electron chi connectivity index (χ4n) is 1.73. The largest absolute Gasteiger partial charge is 0.465 e. The minimum atomic E-state index is -0.391. The number of hydrogen-bond acceptors (Lipinski definition) is 3. The van der Waals surface area contributed by atoms with Crippen molar-refractivity contribution in [3.63, 3.8) is 0 Å². The first kappa shape index (κ1) is 13.5. The van der Waals surface area contributed by atoms with Crippen molar-refractivity contribution in [2.45, 2.75) is 0 Å². The van der Waals surface area contributed by atoms with Crippen molar-refractivity contribution in [1.29, 1.82) is 0 Å². The average molecular weight is 319 g/mol. The Labute approximate surface area is 119 Å². The molecule has 2 rings (SSSR count). The van der Waals surface area contributed by atoms with Gasteiger partial charge >= 0.3 is 5.97 Å². The maximum atomic E-state index is 11.6. The van der Waals surface area contributed by atoms with E-state index in [-0.39, 0.29) is 0 Å². The second-order valence-corrected chi connectivity index (χ2v) is 4.78. The standard InChI is InChI=1S/C15H11BrO3/c1-19-15(18)13-8-12(6-7-14(13)16)11-4-2-10(9-17)3-5-11/h2-9H,1H3. The molecule has 0 N–H and O–H groups in total. The summed E-state index contributed by atoms with van der Waals surface area (Å²) in [6.45, 7) is 0. The average Bonchev–Trinajstić information content (AvgIpc) is 2.47. The van der Waals surface area contributed by atoms with Gasteiger partial charge < -0.3 is 4.74 Å². The second kappa shape index (κ2) is 5.80. The first-order chi connectivity index (χ1) is 9.15. The van der Waals surface area contributed by atoms with Gasteiger partial charge in [0.1, 0.15) is 6.29 Å². The van der Waals surface area contributed by atoms with Crippen LogP contribution in [0.2, 0.25) is 0 Å². The lowest BCUT2D eigenvalue weighted by atomic mass is 10.0. The van der Waals surface area contributed by atoms with Gasteiger partial charge in [0.2, 0.25) is 0 Å². The fourth-order valence-corrected chi connectivity index (χ4v) is 2.13. The third kappa shape index (κ3) is 2.90. The van der Waals surface area contributed by atoms with Gasteiger partial charge in [0, 0.05) is 10.0 Å². The van der Waals surface area contributed by atoms with Gasteiger partial charge in [-0.05, 0) is 39.2 Å². The first-order valence-electron chi connectivity index (χ1n) is 5.59. The number of carbonyl (C=O) groups excluding carboxylic acids is 2. The SMILES string of the molecule is COC(=O)c1cc(-c2ccc(C=O)cc2)ccc1Br. The molecule has 0 saturated carbocycles. The molecule has 0 aliphatic carbocycles. The van der Waals surface area contributed by atoms with E-state index in [1.807, 2.05) is 18.2 Å². The minimum absolute atomic E-state index is 0.391. The Morgan fingerprint density at radius 1 is 1.11 bits per heavy atom. The number of ether oxygens (including phenoxy) is 1. The van der Waals surface area contributed by atoms with Gasteiger partial charge in [0.25, 0.3) is 0 Å². The van der Waals surface area contributed by atoms with E-state index in [0.717, 1.165) is 17.4 Å². The highest BCUT2D eigenvalue weighted by molar-refractivity contribution is 9.10. The van der Waals surface area contributed by atoms with E-state index in [0.29, 0.717) is 15.6 Å². The molecule has 0 aromatic heterocycles. The number of rotatable bonds is 3. The van der Waals surface area contributed by atoms with Crippen molar-refractivity contribution < 1.29 is 14.3 Å². The quantitative estimate of drug-likeness (QED) is 0.640. The maximum Gasteiger partial charge on any atom is 0.339 e. The van der Waals surface area contributed by atoms with Crippen molar-refractivity contribution >= 4 is 28.2 Å². The zero-order valence-corrected chi connectivity index (χ0v) is 11.8. The summed E-state index contributed by atoms with van der Waals surface area (Å²) < 4.78 is 5.42. The summed E-state index contributed by atoms with van der Waals surface area (Å²) in [7, 11) is 1.35. The van der Waals surface area contributed by atoms with Crippen LogP contribution in [0.15, 0.2) is 46.9 Å². The van der Waals surface area contributed by atoms with Crippen LogP contribution in [0.1, 0.15) is 20.7 Å². The maximum absolute atomic E-state index is 11.6. The highest BCUT2D eigenvalue weighted by Gasteiger charge is 2.11. The topological polar surface area (TPSA) is 43.4 Å². The molecule has 96 valence electrons. The third-order valence-corrected chi connectivity index (χ3v) is 3.44. The lowest BCUT2D eigenvalue weighted by Crippen LogP contribution is -2.02. The van der Waals surface area contributed by atoms with Gasteiger partial charge in [-0.3, -0.25) is 4.79 Å². The van der Waals surface area contributed by atoms with Crippen LogP contribution in [0.5, 0.6) is 0 Å². The summed E-state index contributed by atoms with van der Waals surface area (Å²) in [5.41, 5.74) is 2.91. The highest BCUT2D eigenvalue weighted by atomic mass is 79.9. The molecule has 4 heteroatoms. The number of benzene rings is 2. The third-order valence-electron chi connectivity index (χ3n) is 2.75.